The third-order valence-electron chi connectivity index (χ3n) is 5.30. The van der Waals surface area contributed by atoms with E-state index in [1.54, 1.807) is 12.1 Å². The van der Waals surface area contributed by atoms with Gasteiger partial charge in [-0.15, -0.1) is 0 Å². The predicted molar refractivity (Wildman–Crippen MR) is 97.1 cm³/mol. The maximum atomic E-state index is 13.0. The van der Waals surface area contributed by atoms with Crippen LogP contribution in [0.25, 0.3) is 0 Å². The molecule has 0 spiro atoms. The molecule has 2 heterocycles. The smallest absolute Gasteiger partial charge is 0.321 e. The molecule has 1 saturated heterocycles. The number of imide groups is 1. The standard InChI is InChI=1S/C19H22N4O4/c1-11-9-23-15-5-4-13(8-20)6-14(15)7-19(10-24,16(23)12(2)27-11)17(25)22-18(26)21-3/h4-6,10-12,16H,7,9H2,1-3H3,(H2,21,22,25,26). The van der Waals surface area contributed by atoms with Crippen LogP contribution in [0.4, 0.5) is 10.5 Å². The minimum Gasteiger partial charge on any atom is -0.372 e. The summed E-state index contributed by atoms with van der Waals surface area (Å²) in [4.78, 5) is 39.0. The van der Waals surface area contributed by atoms with Crippen LogP contribution in [-0.2, 0) is 20.7 Å². The lowest BCUT2D eigenvalue weighted by Gasteiger charge is -2.53. The average Bonchev–Trinajstić information content (AvgIpc) is 2.65. The lowest BCUT2D eigenvalue weighted by molar-refractivity contribution is -0.144. The minimum absolute atomic E-state index is 0.0907. The van der Waals surface area contributed by atoms with Gasteiger partial charge in [0.05, 0.1) is 29.9 Å². The Morgan fingerprint density at radius 1 is 1.41 bits per heavy atom. The predicted octanol–water partition coefficient (Wildman–Crippen LogP) is 0.737. The van der Waals surface area contributed by atoms with Gasteiger partial charge in [-0.05, 0) is 44.0 Å². The zero-order chi connectivity index (χ0) is 19.8. The molecule has 142 valence electrons. The molecule has 0 radical (unpaired) electrons. The molecule has 1 aromatic rings. The van der Waals surface area contributed by atoms with Gasteiger partial charge in [0, 0.05) is 19.3 Å². The molecule has 0 aromatic heterocycles. The highest BCUT2D eigenvalue weighted by atomic mass is 16.5. The third-order valence-corrected chi connectivity index (χ3v) is 5.30. The number of hydrogen-bond acceptors (Lipinski definition) is 6. The molecule has 4 atom stereocenters. The van der Waals surface area contributed by atoms with Crippen LogP contribution in [0.3, 0.4) is 0 Å². The number of anilines is 1. The molecule has 0 saturated carbocycles. The maximum absolute atomic E-state index is 13.0. The van der Waals surface area contributed by atoms with E-state index in [9.17, 15) is 19.6 Å². The van der Waals surface area contributed by atoms with Gasteiger partial charge in [-0.1, -0.05) is 0 Å². The van der Waals surface area contributed by atoms with E-state index in [1.807, 2.05) is 24.8 Å². The molecule has 8 heteroatoms. The normalized spacial score (nSPS) is 29.0. The van der Waals surface area contributed by atoms with Crippen molar-refractivity contribution in [2.75, 3.05) is 18.5 Å². The second kappa shape index (κ2) is 7.00. The van der Waals surface area contributed by atoms with Gasteiger partial charge in [-0.25, -0.2) is 4.79 Å². The van der Waals surface area contributed by atoms with E-state index in [2.05, 4.69) is 16.7 Å². The number of nitrogens with zero attached hydrogens (tertiary/aromatic N) is 2. The van der Waals surface area contributed by atoms with Crippen molar-refractivity contribution in [3.63, 3.8) is 0 Å². The lowest BCUT2D eigenvalue weighted by atomic mass is 9.69. The van der Waals surface area contributed by atoms with Crippen LogP contribution < -0.4 is 15.5 Å². The number of nitriles is 1. The van der Waals surface area contributed by atoms with Crippen molar-refractivity contribution in [2.24, 2.45) is 5.41 Å². The Labute approximate surface area is 157 Å². The van der Waals surface area contributed by atoms with E-state index >= 15 is 0 Å². The van der Waals surface area contributed by atoms with Crippen molar-refractivity contribution in [1.82, 2.24) is 10.6 Å². The number of benzene rings is 1. The highest BCUT2D eigenvalue weighted by Gasteiger charge is 2.56. The SMILES string of the molecule is CNC(=O)NC(=O)C1(C=O)Cc2cc(C#N)ccc2N2CC(C)OC(C)C21. The topological polar surface area (TPSA) is 112 Å². The first-order valence-electron chi connectivity index (χ1n) is 8.81. The fraction of sp³-hybridized carbons (Fsp3) is 0.474. The van der Waals surface area contributed by atoms with Crippen LogP contribution in [-0.4, -0.2) is 50.1 Å². The van der Waals surface area contributed by atoms with Gasteiger partial charge in [-0.3, -0.25) is 10.1 Å². The fourth-order valence-corrected chi connectivity index (χ4v) is 4.23. The first kappa shape index (κ1) is 18.9. The zero-order valence-electron chi connectivity index (χ0n) is 15.5. The highest BCUT2D eigenvalue weighted by molar-refractivity contribution is 6.06. The summed E-state index contributed by atoms with van der Waals surface area (Å²) in [5.74, 6) is -0.676. The van der Waals surface area contributed by atoms with Crippen LogP contribution in [0.1, 0.15) is 25.0 Å². The molecule has 2 aliphatic rings. The molecule has 3 amide bonds. The monoisotopic (exact) mass is 370 g/mol. The van der Waals surface area contributed by atoms with Gasteiger partial charge in [0.2, 0.25) is 5.91 Å². The number of amides is 3. The molecule has 2 aliphatic heterocycles. The van der Waals surface area contributed by atoms with Gasteiger partial charge < -0.3 is 19.7 Å². The van der Waals surface area contributed by atoms with Crippen LogP contribution >= 0.6 is 0 Å². The number of rotatable bonds is 2. The quantitative estimate of drug-likeness (QED) is 0.587. The van der Waals surface area contributed by atoms with Crippen molar-refractivity contribution in [1.29, 1.82) is 5.26 Å². The largest absolute Gasteiger partial charge is 0.372 e. The number of carbonyl (C=O) groups excluding carboxylic acids is 3. The molecule has 3 rings (SSSR count). The Bertz CT molecular complexity index is 833. The van der Waals surface area contributed by atoms with E-state index in [0.717, 1.165) is 11.3 Å². The number of carbonyl (C=O) groups is 3. The van der Waals surface area contributed by atoms with Crippen LogP contribution in [0.5, 0.6) is 0 Å². The van der Waals surface area contributed by atoms with E-state index in [4.69, 9.17) is 4.74 Å². The fourth-order valence-electron chi connectivity index (χ4n) is 4.23. The molecular weight excluding hydrogens is 348 g/mol. The van der Waals surface area contributed by atoms with E-state index in [1.165, 1.54) is 7.05 Å². The molecule has 4 unspecified atom stereocenters. The summed E-state index contributed by atoms with van der Waals surface area (Å²) < 4.78 is 5.92. The Hall–Kier alpha value is -2.92. The third kappa shape index (κ3) is 3.04. The van der Waals surface area contributed by atoms with Crippen molar-refractivity contribution < 1.29 is 19.1 Å². The summed E-state index contributed by atoms with van der Waals surface area (Å²) in [6.45, 7) is 4.25. The van der Waals surface area contributed by atoms with E-state index in [-0.39, 0.29) is 12.5 Å². The van der Waals surface area contributed by atoms with Crippen molar-refractivity contribution in [3.8, 4) is 6.07 Å². The van der Waals surface area contributed by atoms with Gasteiger partial charge >= 0.3 is 6.03 Å². The number of ether oxygens (including phenoxy) is 1. The highest BCUT2D eigenvalue weighted by Crippen LogP contribution is 2.44. The molecular formula is C19H22N4O4. The second-order valence-corrected chi connectivity index (χ2v) is 7.07. The van der Waals surface area contributed by atoms with Crippen LogP contribution in [0.15, 0.2) is 18.2 Å². The lowest BCUT2D eigenvalue weighted by Crippen LogP contribution is -2.68. The average molecular weight is 370 g/mol. The van der Waals surface area contributed by atoms with E-state index in [0.29, 0.717) is 18.4 Å². The van der Waals surface area contributed by atoms with Crippen molar-refractivity contribution >= 4 is 23.9 Å². The van der Waals surface area contributed by atoms with Gasteiger partial charge in [0.1, 0.15) is 11.7 Å². The number of fused-ring (bicyclic) bond motifs is 3. The van der Waals surface area contributed by atoms with Crippen LogP contribution in [0.2, 0.25) is 0 Å². The zero-order valence-corrected chi connectivity index (χ0v) is 15.5. The summed E-state index contributed by atoms with van der Waals surface area (Å²) in [6.07, 6.45) is 0.205. The molecule has 1 fully saturated rings. The Balaban J connectivity index is 2.15. The Morgan fingerprint density at radius 3 is 2.78 bits per heavy atom. The maximum Gasteiger partial charge on any atom is 0.321 e. The van der Waals surface area contributed by atoms with Gasteiger partial charge in [-0.2, -0.15) is 5.26 Å². The molecule has 1 aromatic carbocycles. The molecule has 0 bridgehead atoms. The van der Waals surface area contributed by atoms with Gasteiger partial charge in [0.15, 0.2) is 0 Å². The summed E-state index contributed by atoms with van der Waals surface area (Å²) in [7, 11) is 1.39. The van der Waals surface area contributed by atoms with Gasteiger partial charge in [0.25, 0.3) is 0 Å². The molecule has 0 aliphatic carbocycles. The Kier molecular flexibility index (Phi) is 4.89. The number of nitrogens with one attached hydrogen (secondary N) is 2. The molecule has 8 nitrogen and oxygen atoms in total. The number of urea groups is 1. The Morgan fingerprint density at radius 2 is 2.15 bits per heavy atom. The second-order valence-electron chi connectivity index (χ2n) is 7.07. The summed E-state index contributed by atoms with van der Waals surface area (Å²) >= 11 is 0. The van der Waals surface area contributed by atoms with Crippen molar-refractivity contribution in [2.45, 2.75) is 38.5 Å². The number of morpholine rings is 1. The summed E-state index contributed by atoms with van der Waals surface area (Å²) in [6, 6.07) is 6.11. The first-order valence-corrected chi connectivity index (χ1v) is 8.81. The summed E-state index contributed by atoms with van der Waals surface area (Å²) in [5.41, 5.74) is 0.553. The van der Waals surface area contributed by atoms with E-state index < -0.39 is 29.5 Å². The number of aldehydes is 1. The summed E-state index contributed by atoms with van der Waals surface area (Å²) in [5, 5.41) is 13.8. The first-order chi connectivity index (χ1) is 12.9. The minimum atomic E-state index is -1.51. The molecule has 2 N–H and O–H groups in total. The number of hydrogen-bond donors (Lipinski definition) is 2. The molecule has 27 heavy (non-hydrogen) atoms. The van der Waals surface area contributed by atoms with Crippen LogP contribution in [0, 0.1) is 16.7 Å². The van der Waals surface area contributed by atoms with Crippen molar-refractivity contribution in [3.05, 3.63) is 29.3 Å².